The third kappa shape index (κ3) is 5.47. The van der Waals surface area contributed by atoms with Crippen LogP contribution in [0.5, 0.6) is 11.5 Å². The van der Waals surface area contributed by atoms with Crippen molar-refractivity contribution in [3.05, 3.63) is 30.2 Å². The minimum absolute atomic E-state index is 0.0544. The molecule has 8 heteroatoms. The molecule has 1 fully saturated rings. The van der Waals surface area contributed by atoms with E-state index in [0.717, 1.165) is 12.8 Å². The molecule has 158 valence electrons. The number of hydrogen-bond donors (Lipinski definition) is 3. The second-order valence-corrected chi connectivity index (χ2v) is 8.76. The highest BCUT2D eigenvalue weighted by molar-refractivity contribution is 5.60. The fourth-order valence-corrected chi connectivity index (χ4v) is 4.15. The number of piperidine rings is 1. The summed E-state index contributed by atoms with van der Waals surface area (Å²) in [5.74, 6) is 1.26. The number of hydrogen-bond acceptors (Lipinski definition) is 7. The largest absolute Gasteiger partial charge is 0.497 e. The highest BCUT2D eigenvalue weighted by Gasteiger charge is 2.38. The summed E-state index contributed by atoms with van der Waals surface area (Å²) in [5, 5.41) is 9.99. The van der Waals surface area contributed by atoms with Crippen molar-refractivity contribution in [3.8, 4) is 11.5 Å². The number of halogens is 1. The van der Waals surface area contributed by atoms with E-state index in [9.17, 15) is 4.39 Å². The molecule has 0 amide bonds. The third-order valence-corrected chi connectivity index (χ3v) is 4.88. The van der Waals surface area contributed by atoms with E-state index < -0.39 is 5.82 Å². The summed E-state index contributed by atoms with van der Waals surface area (Å²) in [6.45, 7) is 8.62. The van der Waals surface area contributed by atoms with Crippen molar-refractivity contribution in [2.24, 2.45) is 0 Å². The first kappa shape index (κ1) is 21.1. The molecule has 0 saturated carbocycles. The fraction of sp³-hybridized carbons (Fsp3) is 0.524. The second-order valence-electron chi connectivity index (χ2n) is 8.76. The van der Waals surface area contributed by atoms with Crippen molar-refractivity contribution >= 4 is 17.5 Å². The van der Waals surface area contributed by atoms with E-state index in [1.807, 2.05) is 0 Å². The molecule has 2 heterocycles. The number of nitrogens with zero attached hydrogens (tertiary/aromatic N) is 2. The van der Waals surface area contributed by atoms with Crippen LogP contribution in [0.2, 0.25) is 0 Å². The summed E-state index contributed by atoms with van der Waals surface area (Å²) in [6, 6.07) is 5.44. The summed E-state index contributed by atoms with van der Waals surface area (Å²) in [4.78, 5) is 8.42. The molecule has 1 aliphatic rings. The predicted molar refractivity (Wildman–Crippen MR) is 113 cm³/mol. The Morgan fingerprint density at radius 2 is 1.62 bits per heavy atom. The van der Waals surface area contributed by atoms with Gasteiger partial charge in [-0.05, 0) is 40.5 Å². The van der Waals surface area contributed by atoms with E-state index in [2.05, 4.69) is 53.6 Å². The van der Waals surface area contributed by atoms with Crippen LogP contribution < -0.4 is 25.4 Å². The molecular weight excluding hydrogens is 373 g/mol. The van der Waals surface area contributed by atoms with Gasteiger partial charge in [0, 0.05) is 41.0 Å². The number of benzene rings is 1. The smallest absolute Gasteiger partial charge is 0.229 e. The van der Waals surface area contributed by atoms with Gasteiger partial charge in [-0.15, -0.1) is 0 Å². The average molecular weight is 404 g/mol. The Morgan fingerprint density at radius 1 is 1.03 bits per heavy atom. The number of nitrogens with one attached hydrogen (secondary N) is 3. The Labute approximate surface area is 171 Å². The zero-order valence-electron chi connectivity index (χ0n) is 17.9. The summed E-state index contributed by atoms with van der Waals surface area (Å²) in [5.41, 5.74) is 0.574. The van der Waals surface area contributed by atoms with E-state index in [4.69, 9.17) is 9.47 Å². The number of methoxy groups -OCH3 is 2. The summed E-state index contributed by atoms with van der Waals surface area (Å²) >= 11 is 0. The molecule has 7 nitrogen and oxygen atoms in total. The van der Waals surface area contributed by atoms with Crippen LogP contribution in [0.15, 0.2) is 24.4 Å². The molecule has 0 spiro atoms. The lowest BCUT2D eigenvalue weighted by atomic mass is 9.79. The van der Waals surface area contributed by atoms with Crippen LogP contribution in [0.1, 0.15) is 40.5 Å². The quantitative estimate of drug-likeness (QED) is 0.670. The van der Waals surface area contributed by atoms with Gasteiger partial charge in [0.15, 0.2) is 11.6 Å². The molecule has 0 aliphatic carbocycles. The first-order valence-electron chi connectivity index (χ1n) is 9.68. The van der Waals surface area contributed by atoms with Crippen molar-refractivity contribution < 1.29 is 13.9 Å². The standard InChI is InChI=1S/C21H30FN5O2/c1-20(2)10-14(11-21(3,4)27-20)24-18-17(22)12-23-19(26-18)25-13-7-15(28-5)9-16(8-13)29-6/h7-9,12,14,27H,10-11H2,1-6H3,(H2,23,24,25,26). The maximum absolute atomic E-state index is 14.4. The Hall–Kier alpha value is -2.61. The molecule has 1 aromatic carbocycles. The van der Waals surface area contributed by atoms with Crippen molar-refractivity contribution in [1.29, 1.82) is 0 Å². The lowest BCUT2D eigenvalue weighted by molar-refractivity contribution is 0.170. The molecule has 1 aliphatic heterocycles. The van der Waals surface area contributed by atoms with Crippen LogP contribution in [-0.2, 0) is 0 Å². The molecule has 3 N–H and O–H groups in total. The Morgan fingerprint density at radius 3 is 2.17 bits per heavy atom. The van der Waals surface area contributed by atoms with Crippen LogP contribution in [-0.4, -0.2) is 41.3 Å². The summed E-state index contributed by atoms with van der Waals surface area (Å²) in [7, 11) is 3.16. The van der Waals surface area contributed by atoms with E-state index in [1.54, 1.807) is 32.4 Å². The molecule has 3 rings (SSSR count). The molecule has 0 unspecified atom stereocenters. The van der Waals surface area contributed by atoms with Crippen molar-refractivity contribution in [2.45, 2.75) is 57.7 Å². The van der Waals surface area contributed by atoms with Crippen LogP contribution in [0.3, 0.4) is 0 Å². The monoisotopic (exact) mass is 403 g/mol. The van der Waals surface area contributed by atoms with Gasteiger partial charge < -0.3 is 25.4 Å². The van der Waals surface area contributed by atoms with Crippen LogP contribution in [0.4, 0.5) is 21.8 Å². The van der Waals surface area contributed by atoms with Crippen LogP contribution in [0.25, 0.3) is 0 Å². The lowest BCUT2D eigenvalue weighted by Gasteiger charge is -2.46. The Kier molecular flexibility index (Phi) is 5.84. The zero-order valence-corrected chi connectivity index (χ0v) is 17.9. The van der Waals surface area contributed by atoms with Gasteiger partial charge >= 0.3 is 0 Å². The van der Waals surface area contributed by atoms with Gasteiger partial charge in [0.2, 0.25) is 5.95 Å². The van der Waals surface area contributed by atoms with Crippen LogP contribution >= 0.6 is 0 Å². The molecule has 0 bridgehead atoms. The van der Waals surface area contributed by atoms with E-state index in [1.165, 1.54) is 6.20 Å². The van der Waals surface area contributed by atoms with Crippen molar-refractivity contribution in [2.75, 3.05) is 24.9 Å². The first-order chi connectivity index (χ1) is 13.6. The second kappa shape index (κ2) is 8.02. The number of ether oxygens (including phenoxy) is 2. The van der Waals surface area contributed by atoms with Gasteiger partial charge in [-0.2, -0.15) is 4.98 Å². The van der Waals surface area contributed by atoms with Gasteiger partial charge in [0.25, 0.3) is 0 Å². The highest BCUT2D eigenvalue weighted by Crippen LogP contribution is 2.31. The van der Waals surface area contributed by atoms with Gasteiger partial charge in [0.1, 0.15) is 11.5 Å². The van der Waals surface area contributed by atoms with E-state index in [-0.39, 0.29) is 28.9 Å². The molecule has 0 atom stereocenters. The number of rotatable bonds is 6. The SMILES string of the molecule is COc1cc(Nc2ncc(F)c(NC3CC(C)(C)NC(C)(C)C3)n2)cc(OC)c1. The van der Waals surface area contributed by atoms with Gasteiger partial charge in [-0.1, -0.05) is 0 Å². The Bertz CT molecular complexity index is 834. The summed E-state index contributed by atoms with van der Waals surface area (Å²) in [6.07, 6.45) is 2.89. The first-order valence-corrected chi connectivity index (χ1v) is 9.68. The van der Waals surface area contributed by atoms with Crippen LogP contribution in [0, 0.1) is 5.82 Å². The van der Waals surface area contributed by atoms with E-state index in [0.29, 0.717) is 17.2 Å². The molecule has 0 radical (unpaired) electrons. The topological polar surface area (TPSA) is 80.3 Å². The highest BCUT2D eigenvalue weighted by atomic mass is 19.1. The van der Waals surface area contributed by atoms with Crippen molar-refractivity contribution in [3.63, 3.8) is 0 Å². The van der Waals surface area contributed by atoms with E-state index >= 15 is 0 Å². The molecular formula is C21H30FN5O2. The fourth-order valence-electron chi connectivity index (χ4n) is 4.15. The van der Waals surface area contributed by atoms with Crippen molar-refractivity contribution in [1.82, 2.24) is 15.3 Å². The predicted octanol–water partition coefficient (Wildman–Crippen LogP) is 4.10. The van der Waals surface area contributed by atoms with Gasteiger partial charge in [0.05, 0.1) is 20.4 Å². The molecule has 2 aromatic rings. The van der Waals surface area contributed by atoms with Gasteiger partial charge in [-0.25, -0.2) is 9.37 Å². The third-order valence-electron chi connectivity index (χ3n) is 4.88. The maximum atomic E-state index is 14.4. The lowest BCUT2D eigenvalue weighted by Crippen LogP contribution is -2.60. The molecule has 1 aromatic heterocycles. The van der Waals surface area contributed by atoms with Gasteiger partial charge in [-0.3, -0.25) is 0 Å². The minimum Gasteiger partial charge on any atom is -0.497 e. The number of anilines is 3. The molecule has 1 saturated heterocycles. The zero-order chi connectivity index (χ0) is 21.2. The summed E-state index contributed by atoms with van der Waals surface area (Å²) < 4.78 is 25.0. The minimum atomic E-state index is -0.479. The Balaban J connectivity index is 1.80. The maximum Gasteiger partial charge on any atom is 0.229 e. The normalized spacial score (nSPS) is 18.2. The average Bonchev–Trinajstić information content (AvgIpc) is 2.61. The number of aromatic nitrogens is 2. The molecule has 29 heavy (non-hydrogen) atoms.